The maximum atomic E-state index is 13.9. The SMILES string of the molecule is O=C(O)COc1ccc2c(-c3ccccc3F)nsc2c1Br. The van der Waals surface area contributed by atoms with Gasteiger partial charge in [-0.1, -0.05) is 12.1 Å². The Balaban J connectivity index is 2.08. The first kappa shape index (κ1) is 14.9. The van der Waals surface area contributed by atoms with Crippen LogP contribution in [0.2, 0.25) is 0 Å². The molecule has 3 aromatic rings. The van der Waals surface area contributed by atoms with Crippen molar-refractivity contribution in [3.63, 3.8) is 0 Å². The fourth-order valence-electron chi connectivity index (χ4n) is 2.05. The number of aliphatic carboxylic acids is 1. The Bertz CT molecular complexity index is 865. The fourth-order valence-corrected chi connectivity index (χ4v) is 3.55. The molecule has 1 heterocycles. The molecule has 112 valence electrons. The number of rotatable bonds is 4. The van der Waals surface area contributed by atoms with Crippen molar-refractivity contribution in [2.75, 3.05) is 6.61 Å². The van der Waals surface area contributed by atoms with Gasteiger partial charge in [0, 0.05) is 10.9 Å². The molecule has 0 saturated carbocycles. The van der Waals surface area contributed by atoms with E-state index in [1.54, 1.807) is 30.3 Å². The monoisotopic (exact) mass is 381 g/mol. The van der Waals surface area contributed by atoms with Gasteiger partial charge in [0.25, 0.3) is 0 Å². The van der Waals surface area contributed by atoms with Crippen LogP contribution in [-0.2, 0) is 4.79 Å². The van der Waals surface area contributed by atoms with Gasteiger partial charge in [-0.15, -0.1) is 0 Å². The highest BCUT2D eigenvalue weighted by atomic mass is 79.9. The summed E-state index contributed by atoms with van der Waals surface area (Å²) in [5.41, 5.74) is 0.989. The number of halogens is 2. The van der Waals surface area contributed by atoms with Crippen LogP contribution in [0.4, 0.5) is 4.39 Å². The molecule has 0 radical (unpaired) electrons. The third kappa shape index (κ3) is 2.69. The number of carbonyl (C=O) groups is 1. The van der Waals surface area contributed by atoms with Crippen molar-refractivity contribution in [1.82, 2.24) is 4.37 Å². The molecule has 0 aliphatic carbocycles. The number of carboxylic acids is 1. The Morgan fingerprint density at radius 3 is 2.82 bits per heavy atom. The molecule has 0 aliphatic heterocycles. The maximum Gasteiger partial charge on any atom is 0.341 e. The molecule has 0 bridgehead atoms. The first-order valence-electron chi connectivity index (χ1n) is 6.25. The number of hydrogen-bond acceptors (Lipinski definition) is 4. The highest BCUT2D eigenvalue weighted by Crippen LogP contribution is 2.40. The second-order valence-corrected chi connectivity index (χ2v) is 6.01. The highest BCUT2D eigenvalue weighted by Gasteiger charge is 2.16. The van der Waals surface area contributed by atoms with Crippen LogP contribution in [0.5, 0.6) is 5.75 Å². The van der Waals surface area contributed by atoms with Gasteiger partial charge in [-0.25, -0.2) is 9.18 Å². The van der Waals surface area contributed by atoms with Gasteiger partial charge >= 0.3 is 5.97 Å². The Kier molecular flexibility index (Phi) is 4.08. The van der Waals surface area contributed by atoms with Crippen molar-refractivity contribution in [3.8, 4) is 17.0 Å². The lowest BCUT2D eigenvalue weighted by Crippen LogP contribution is -2.09. The third-order valence-corrected chi connectivity index (χ3v) is 4.96. The molecule has 0 unspecified atom stereocenters. The first-order chi connectivity index (χ1) is 10.6. The van der Waals surface area contributed by atoms with Crippen LogP contribution in [0.25, 0.3) is 21.3 Å². The van der Waals surface area contributed by atoms with Crippen molar-refractivity contribution < 1.29 is 19.0 Å². The second-order valence-electron chi connectivity index (χ2n) is 4.45. The van der Waals surface area contributed by atoms with Gasteiger partial charge in [-0.2, -0.15) is 4.37 Å². The number of ether oxygens (including phenoxy) is 1. The van der Waals surface area contributed by atoms with E-state index >= 15 is 0 Å². The Morgan fingerprint density at radius 1 is 1.32 bits per heavy atom. The summed E-state index contributed by atoms with van der Waals surface area (Å²) in [5.74, 6) is -0.973. The van der Waals surface area contributed by atoms with Gasteiger partial charge in [0.1, 0.15) is 11.6 Å². The quantitative estimate of drug-likeness (QED) is 0.730. The van der Waals surface area contributed by atoms with Crippen LogP contribution in [0, 0.1) is 5.82 Å². The van der Waals surface area contributed by atoms with E-state index in [9.17, 15) is 9.18 Å². The van der Waals surface area contributed by atoms with E-state index in [1.165, 1.54) is 17.6 Å². The van der Waals surface area contributed by atoms with Crippen molar-refractivity contribution in [1.29, 1.82) is 0 Å². The van der Waals surface area contributed by atoms with Gasteiger partial charge in [-0.3, -0.25) is 0 Å². The summed E-state index contributed by atoms with van der Waals surface area (Å²) in [6.07, 6.45) is 0. The number of aromatic nitrogens is 1. The van der Waals surface area contributed by atoms with Crippen LogP contribution in [0.3, 0.4) is 0 Å². The standard InChI is InChI=1S/C15H9BrFNO3S/c16-13-11(21-7-12(19)20)6-5-9-14(18-22-15(9)13)8-3-1-2-4-10(8)17/h1-6H,7H2,(H,19,20). The summed E-state index contributed by atoms with van der Waals surface area (Å²) in [6.45, 7) is -0.427. The predicted molar refractivity (Wildman–Crippen MR) is 85.8 cm³/mol. The average molecular weight is 382 g/mol. The summed E-state index contributed by atoms with van der Waals surface area (Å²) in [5, 5.41) is 9.45. The lowest BCUT2D eigenvalue weighted by Gasteiger charge is -2.06. The molecule has 1 N–H and O–H groups in total. The Labute approximate surface area is 137 Å². The van der Waals surface area contributed by atoms with Gasteiger partial charge in [0.15, 0.2) is 6.61 Å². The van der Waals surface area contributed by atoms with Crippen molar-refractivity contribution in [3.05, 3.63) is 46.7 Å². The van der Waals surface area contributed by atoms with Crippen molar-refractivity contribution >= 4 is 43.5 Å². The normalized spacial score (nSPS) is 10.8. The molecule has 1 aromatic heterocycles. The average Bonchev–Trinajstić information content (AvgIpc) is 2.91. The third-order valence-electron chi connectivity index (χ3n) is 3.03. The van der Waals surface area contributed by atoms with Gasteiger partial charge in [0.05, 0.1) is 14.9 Å². The molecule has 4 nitrogen and oxygen atoms in total. The summed E-state index contributed by atoms with van der Waals surface area (Å²) < 4.78 is 24.9. The fraction of sp³-hybridized carbons (Fsp3) is 0.0667. The van der Waals surface area contributed by atoms with Crippen LogP contribution >= 0.6 is 27.5 Å². The Hall–Kier alpha value is -1.99. The molecular weight excluding hydrogens is 373 g/mol. The molecule has 0 saturated heterocycles. The molecule has 0 fully saturated rings. The van der Waals surface area contributed by atoms with E-state index in [1.807, 2.05) is 0 Å². The van der Waals surface area contributed by atoms with Crippen LogP contribution in [0.15, 0.2) is 40.9 Å². The van der Waals surface area contributed by atoms with Gasteiger partial charge in [0.2, 0.25) is 0 Å². The molecule has 2 aromatic carbocycles. The summed E-state index contributed by atoms with van der Waals surface area (Å²) >= 11 is 4.60. The number of benzene rings is 2. The molecule has 7 heteroatoms. The molecule has 22 heavy (non-hydrogen) atoms. The number of carboxylic acid groups (broad SMARTS) is 1. The lowest BCUT2D eigenvalue weighted by molar-refractivity contribution is -0.139. The van der Waals surface area contributed by atoms with E-state index in [0.29, 0.717) is 21.5 Å². The minimum absolute atomic E-state index is 0.336. The van der Waals surface area contributed by atoms with Gasteiger partial charge < -0.3 is 9.84 Å². The van der Waals surface area contributed by atoms with E-state index in [4.69, 9.17) is 9.84 Å². The van der Waals surface area contributed by atoms with Gasteiger partial charge in [-0.05, 0) is 51.7 Å². The second kappa shape index (κ2) is 6.02. The summed E-state index contributed by atoms with van der Waals surface area (Å²) in [4.78, 5) is 10.6. The number of nitrogens with zero attached hydrogens (tertiary/aromatic N) is 1. The highest BCUT2D eigenvalue weighted by molar-refractivity contribution is 9.10. The van der Waals surface area contributed by atoms with E-state index in [2.05, 4.69) is 20.3 Å². The Morgan fingerprint density at radius 2 is 2.09 bits per heavy atom. The van der Waals surface area contributed by atoms with Crippen molar-refractivity contribution in [2.45, 2.75) is 0 Å². The van der Waals surface area contributed by atoms with E-state index < -0.39 is 12.6 Å². The summed E-state index contributed by atoms with van der Waals surface area (Å²) in [6, 6.07) is 9.84. The van der Waals surface area contributed by atoms with E-state index in [-0.39, 0.29) is 5.82 Å². The minimum atomic E-state index is -1.05. The molecule has 0 amide bonds. The molecule has 3 rings (SSSR count). The lowest BCUT2D eigenvalue weighted by atomic mass is 10.1. The van der Waals surface area contributed by atoms with Crippen molar-refractivity contribution in [2.24, 2.45) is 0 Å². The topological polar surface area (TPSA) is 59.4 Å². The largest absolute Gasteiger partial charge is 0.481 e. The molecule has 0 spiro atoms. The zero-order valence-corrected chi connectivity index (χ0v) is 13.4. The molecule has 0 atom stereocenters. The molecule has 0 aliphatic rings. The number of hydrogen-bond donors (Lipinski definition) is 1. The number of fused-ring (bicyclic) bond motifs is 1. The zero-order valence-electron chi connectivity index (χ0n) is 11.0. The van der Waals surface area contributed by atoms with Crippen LogP contribution in [-0.4, -0.2) is 22.1 Å². The van der Waals surface area contributed by atoms with Crippen LogP contribution < -0.4 is 4.74 Å². The smallest absolute Gasteiger partial charge is 0.341 e. The summed E-state index contributed by atoms with van der Waals surface area (Å²) in [7, 11) is 0. The van der Waals surface area contributed by atoms with Crippen LogP contribution in [0.1, 0.15) is 0 Å². The molecular formula is C15H9BrFNO3S. The first-order valence-corrected chi connectivity index (χ1v) is 7.82. The predicted octanol–water partition coefficient (Wildman–Crippen LogP) is 4.33. The van der Waals surface area contributed by atoms with E-state index in [0.717, 1.165) is 10.1 Å². The maximum absolute atomic E-state index is 13.9. The zero-order chi connectivity index (χ0) is 15.7. The minimum Gasteiger partial charge on any atom is -0.481 e.